The highest BCUT2D eigenvalue weighted by atomic mass is 16.7. The highest BCUT2D eigenvalue weighted by Gasteiger charge is 2.47. The van der Waals surface area contributed by atoms with Gasteiger partial charge in [-0.2, -0.15) is 0 Å². The minimum atomic E-state index is -1.68. The van der Waals surface area contributed by atoms with Crippen molar-refractivity contribution in [1.82, 2.24) is 0 Å². The Morgan fingerprint density at radius 2 is 1.39 bits per heavy atom. The maximum atomic E-state index is 11.1. The van der Waals surface area contributed by atoms with Crippen molar-refractivity contribution in [2.75, 3.05) is 13.7 Å². The van der Waals surface area contributed by atoms with Gasteiger partial charge in [0.05, 0.1) is 26.1 Å². The smallest absolute Gasteiger partial charge is 0.229 e. The maximum Gasteiger partial charge on any atom is 0.229 e. The third-order valence-corrected chi connectivity index (χ3v) is 7.46. The van der Waals surface area contributed by atoms with Crippen molar-refractivity contribution in [1.29, 1.82) is 0 Å². The second-order valence-electron chi connectivity index (χ2n) is 10.2. The van der Waals surface area contributed by atoms with E-state index < -0.39 is 74.1 Å². The molecule has 2 fully saturated rings. The molecule has 2 aromatic rings. The summed E-state index contributed by atoms with van der Waals surface area (Å²) >= 11 is 0. The summed E-state index contributed by atoms with van der Waals surface area (Å²) in [4.78, 5) is 0. The summed E-state index contributed by atoms with van der Waals surface area (Å²) in [5.74, 6) is 1.22. The van der Waals surface area contributed by atoms with Crippen molar-refractivity contribution >= 4 is 5.57 Å². The zero-order valence-corrected chi connectivity index (χ0v) is 22.3. The average Bonchev–Trinajstić information content (AvgIpc) is 2.98. The molecule has 5 rings (SSSR count). The first-order valence-corrected chi connectivity index (χ1v) is 13.1. The van der Waals surface area contributed by atoms with Crippen LogP contribution in [0.4, 0.5) is 0 Å². The molecule has 7 N–H and O–H groups in total. The Labute approximate surface area is 235 Å². The summed E-state index contributed by atoms with van der Waals surface area (Å²) < 4.78 is 33.3. The summed E-state index contributed by atoms with van der Waals surface area (Å²) in [7, 11) is 1.56. The number of methoxy groups -OCH3 is 1. The second kappa shape index (κ2) is 12.2. The fourth-order valence-corrected chi connectivity index (χ4v) is 4.92. The lowest BCUT2D eigenvalue weighted by Gasteiger charge is -2.42. The van der Waals surface area contributed by atoms with Crippen molar-refractivity contribution in [2.45, 2.75) is 74.4 Å². The van der Waals surface area contributed by atoms with E-state index in [-0.39, 0.29) is 5.75 Å². The maximum absolute atomic E-state index is 11.1. The molecule has 0 unspecified atom stereocenters. The number of rotatable bonds is 7. The Hall–Kier alpha value is -2.82. The van der Waals surface area contributed by atoms with Gasteiger partial charge >= 0.3 is 0 Å². The molecular weight excluding hydrogens is 544 g/mol. The van der Waals surface area contributed by atoms with Crippen LogP contribution in [0.2, 0.25) is 0 Å². The van der Waals surface area contributed by atoms with Crippen molar-refractivity contribution in [3.8, 4) is 17.2 Å². The van der Waals surface area contributed by atoms with Crippen molar-refractivity contribution in [3.05, 3.63) is 59.9 Å². The van der Waals surface area contributed by atoms with E-state index in [0.29, 0.717) is 28.2 Å². The van der Waals surface area contributed by atoms with E-state index in [4.69, 9.17) is 28.4 Å². The number of ether oxygens (including phenoxy) is 6. The average molecular weight is 579 g/mol. The van der Waals surface area contributed by atoms with E-state index in [0.717, 1.165) is 0 Å². The van der Waals surface area contributed by atoms with Gasteiger partial charge in [-0.05, 0) is 42.8 Å². The lowest BCUT2D eigenvalue weighted by atomic mass is 9.94. The van der Waals surface area contributed by atoms with Gasteiger partial charge in [-0.15, -0.1) is 0 Å². The number of hydrogen-bond acceptors (Lipinski definition) is 13. The van der Waals surface area contributed by atoms with Crippen LogP contribution in [0, 0.1) is 0 Å². The Balaban J connectivity index is 1.27. The molecule has 13 heteroatoms. The van der Waals surface area contributed by atoms with Gasteiger partial charge in [0.1, 0.15) is 66.1 Å². The van der Waals surface area contributed by atoms with Crippen LogP contribution in [0.15, 0.2) is 48.7 Å². The minimum absolute atomic E-state index is 0.173. The van der Waals surface area contributed by atoms with Gasteiger partial charge in [-0.1, -0.05) is 12.1 Å². The molecule has 0 bridgehead atoms. The quantitative estimate of drug-likeness (QED) is 0.216. The lowest BCUT2D eigenvalue weighted by molar-refractivity contribution is -0.318. The molecule has 41 heavy (non-hydrogen) atoms. The van der Waals surface area contributed by atoms with Gasteiger partial charge < -0.3 is 64.2 Å². The molecular formula is C28H34O13. The van der Waals surface area contributed by atoms with Gasteiger partial charge in [0.15, 0.2) is 6.29 Å². The first kappa shape index (κ1) is 29.7. The van der Waals surface area contributed by atoms with Gasteiger partial charge in [-0.3, -0.25) is 0 Å². The molecule has 0 spiro atoms. The monoisotopic (exact) mass is 578 g/mol. The Kier molecular flexibility index (Phi) is 8.82. The van der Waals surface area contributed by atoms with E-state index in [1.165, 1.54) is 25.3 Å². The van der Waals surface area contributed by atoms with Crippen LogP contribution in [0.5, 0.6) is 17.2 Å². The fourth-order valence-electron chi connectivity index (χ4n) is 4.92. The largest absolute Gasteiger partial charge is 0.497 e. The SMILES string of the molecule is COc1ccc(C2=COc3ccc(O[C@@H]4O[C@H](CO[C@@H]5O[C@H](C)[C@@H](O)[C@H](O)[C@@H]5O)[C@H](O)[C@H](O)[C@@H]4O)cc3[C@@H]2O)cc1. The molecule has 0 aliphatic carbocycles. The standard InChI is InChI=1S/C28H34O13/c1-12-20(29)23(32)25(34)27(39-12)38-11-19-22(31)24(33)26(35)28(41-19)40-15-7-8-18-16(9-15)21(30)17(10-37-18)13-3-5-14(36-2)6-4-13/h3-10,12,19-35H,11H2,1-2H3/t12-,19-,20-,21+,22+,23+,24+,25+,26+,27-,28-/m1/s1. The topological polar surface area (TPSA) is 197 Å². The molecule has 3 heterocycles. The molecule has 2 aromatic carbocycles. The third-order valence-electron chi connectivity index (χ3n) is 7.46. The predicted molar refractivity (Wildman–Crippen MR) is 139 cm³/mol. The third kappa shape index (κ3) is 5.92. The first-order valence-electron chi connectivity index (χ1n) is 13.1. The molecule has 13 nitrogen and oxygen atoms in total. The van der Waals surface area contributed by atoms with Crippen LogP contribution >= 0.6 is 0 Å². The Morgan fingerprint density at radius 1 is 0.732 bits per heavy atom. The van der Waals surface area contributed by atoms with Crippen molar-refractivity contribution in [3.63, 3.8) is 0 Å². The number of hydrogen-bond donors (Lipinski definition) is 7. The van der Waals surface area contributed by atoms with Crippen LogP contribution in [0.1, 0.15) is 24.2 Å². The van der Waals surface area contributed by atoms with E-state index in [2.05, 4.69) is 0 Å². The summed E-state index contributed by atoms with van der Waals surface area (Å²) in [6.45, 7) is 1.07. The Morgan fingerprint density at radius 3 is 2.10 bits per heavy atom. The number of aliphatic hydroxyl groups is 7. The molecule has 0 radical (unpaired) electrons. The number of benzene rings is 2. The van der Waals surface area contributed by atoms with Gasteiger partial charge in [0, 0.05) is 11.1 Å². The molecule has 224 valence electrons. The zero-order valence-electron chi connectivity index (χ0n) is 22.3. The highest BCUT2D eigenvalue weighted by molar-refractivity contribution is 5.73. The van der Waals surface area contributed by atoms with Crippen LogP contribution in [-0.4, -0.2) is 111 Å². The first-order chi connectivity index (χ1) is 19.6. The van der Waals surface area contributed by atoms with Crippen molar-refractivity contribution in [2.24, 2.45) is 0 Å². The summed E-state index contributed by atoms with van der Waals surface area (Å²) in [5.41, 5.74) is 1.60. The van der Waals surface area contributed by atoms with E-state index in [9.17, 15) is 35.7 Å². The van der Waals surface area contributed by atoms with E-state index >= 15 is 0 Å². The van der Waals surface area contributed by atoms with E-state index in [1.54, 1.807) is 37.4 Å². The predicted octanol–water partition coefficient (Wildman–Crippen LogP) is -0.807. The molecule has 2 saturated heterocycles. The normalized spacial score (nSPS) is 37.0. The summed E-state index contributed by atoms with van der Waals surface area (Å²) in [6, 6.07) is 11.7. The van der Waals surface area contributed by atoms with Crippen LogP contribution in [0.25, 0.3) is 5.57 Å². The molecule has 0 amide bonds. The van der Waals surface area contributed by atoms with Crippen molar-refractivity contribution < 1.29 is 64.2 Å². The fraction of sp³-hybridized carbons (Fsp3) is 0.500. The molecule has 0 saturated carbocycles. The van der Waals surface area contributed by atoms with Crippen LogP contribution < -0.4 is 14.2 Å². The Bertz CT molecular complexity index is 1220. The van der Waals surface area contributed by atoms with E-state index in [1.807, 2.05) is 0 Å². The van der Waals surface area contributed by atoms with Crippen LogP contribution in [-0.2, 0) is 14.2 Å². The second-order valence-corrected chi connectivity index (χ2v) is 10.2. The van der Waals surface area contributed by atoms with Gasteiger partial charge in [0.25, 0.3) is 0 Å². The van der Waals surface area contributed by atoms with Crippen LogP contribution in [0.3, 0.4) is 0 Å². The highest BCUT2D eigenvalue weighted by Crippen LogP contribution is 2.41. The van der Waals surface area contributed by atoms with Gasteiger partial charge in [-0.25, -0.2) is 0 Å². The number of aliphatic hydroxyl groups excluding tert-OH is 7. The molecule has 0 aromatic heterocycles. The summed E-state index contributed by atoms with van der Waals surface area (Å²) in [6.07, 6.45) is -13.8. The molecule has 3 aliphatic heterocycles. The molecule has 3 aliphatic rings. The number of fused-ring (bicyclic) bond motifs is 1. The molecule has 11 atom stereocenters. The lowest BCUT2D eigenvalue weighted by Crippen LogP contribution is -2.61. The minimum Gasteiger partial charge on any atom is -0.497 e. The zero-order chi connectivity index (χ0) is 29.4. The van der Waals surface area contributed by atoms with Gasteiger partial charge in [0.2, 0.25) is 6.29 Å². The summed E-state index contributed by atoms with van der Waals surface area (Å²) in [5, 5.41) is 72.6.